The van der Waals surface area contributed by atoms with E-state index >= 15 is 0 Å². The van der Waals surface area contributed by atoms with Crippen LogP contribution in [-0.2, 0) is 22.3 Å². The minimum atomic E-state index is -4.52. The molecule has 0 saturated carbocycles. The van der Waals surface area contributed by atoms with Crippen LogP contribution in [0.15, 0.2) is 53.3 Å². The molecular weight excluding hydrogens is 444 g/mol. The fraction of sp³-hybridized carbons (Fsp3) is 0.182. The number of aryl methyl sites for hydroxylation is 1. The number of pyridine rings is 2. The predicted octanol–water partition coefficient (Wildman–Crippen LogP) is 3.36. The standard InChI is InChI=1S/C22H16F4N4O3/c1-12-9-16-20(21(23)27-12)15-3-2-4-18(32)30(15)11-19(33)29(16)10-17(31)28-14-7-5-13(6-8-14)22(24,25)26/h2-9H,10-11H2,1H3,(H,28,31). The summed E-state index contributed by atoms with van der Waals surface area (Å²) < 4.78 is 54.2. The van der Waals surface area contributed by atoms with Crippen molar-refractivity contribution in [1.29, 1.82) is 0 Å². The van der Waals surface area contributed by atoms with Gasteiger partial charge in [0.05, 0.1) is 22.5 Å². The van der Waals surface area contributed by atoms with E-state index < -0.39 is 48.2 Å². The highest BCUT2D eigenvalue weighted by Crippen LogP contribution is 2.35. The van der Waals surface area contributed by atoms with Crippen LogP contribution in [0, 0.1) is 12.9 Å². The summed E-state index contributed by atoms with van der Waals surface area (Å²) in [7, 11) is 0. The Morgan fingerprint density at radius 1 is 1.12 bits per heavy atom. The topological polar surface area (TPSA) is 84.3 Å². The number of rotatable bonds is 3. The van der Waals surface area contributed by atoms with Crippen molar-refractivity contribution in [1.82, 2.24) is 9.55 Å². The zero-order valence-electron chi connectivity index (χ0n) is 17.1. The van der Waals surface area contributed by atoms with Crippen LogP contribution in [-0.4, -0.2) is 27.9 Å². The van der Waals surface area contributed by atoms with Crippen molar-refractivity contribution < 1.29 is 27.2 Å². The number of fused-ring (bicyclic) bond motifs is 3. The first-order valence-corrected chi connectivity index (χ1v) is 9.69. The molecule has 4 rings (SSSR count). The SMILES string of the molecule is Cc1cc2c(c(F)n1)-c1cccc(=O)n1CC(=O)N2CC(=O)Nc1ccc(C(F)(F)F)cc1. The van der Waals surface area contributed by atoms with Crippen molar-refractivity contribution in [3.05, 3.63) is 76.1 Å². The van der Waals surface area contributed by atoms with E-state index in [1.807, 2.05) is 0 Å². The van der Waals surface area contributed by atoms with Gasteiger partial charge in [-0.1, -0.05) is 6.07 Å². The van der Waals surface area contributed by atoms with E-state index in [-0.39, 0.29) is 28.3 Å². The molecule has 0 spiro atoms. The summed E-state index contributed by atoms with van der Waals surface area (Å²) in [5.74, 6) is -2.27. The number of aromatic nitrogens is 2. The van der Waals surface area contributed by atoms with Gasteiger partial charge in [-0.2, -0.15) is 17.6 Å². The first-order chi connectivity index (χ1) is 15.5. The Balaban J connectivity index is 1.67. The van der Waals surface area contributed by atoms with E-state index in [1.54, 1.807) is 0 Å². The van der Waals surface area contributed by atoms with Crippen LogP contribution in [0.3, 0.4) is 0 Å². The van der Waals surface area contributed by atoms with Crippen LogP contribution in [0.25, 0.3) is 11.3 Å². The van der Waals surface area contributed by atoms with Crippen LogP contribution in [0.5, 0.6) is 0 Å². The van der Waals surface area contributed by atoms with Crippen LogP contribution in [0.1, 0.15) is 11.3 Å². The predicted molar refractivity (Wildman–Crippen MR) is 111 cm³/mol. The van der Waals surface area contributed by atoms with Gasteiger partial charge in [-0.15, -0.1) is 0 Å². The van der Waals surface area contributed by atoms with Gasteiger partial charge >= 0.3 is 6.18 Å². The maximum atomic E-state index is 14.9. The van der Waals surface area contributed by atoms with Crippen molar-refractivity contribution in [2.24, 2.45) is 0 Å². The zero-order valence-corrected chi connectivity index (χ0v) is 17.1. The van der Waals surface area contributed by atoms with Crippen molar-refractivity contribution >= 4 is 23.2 Å². The molecule has 1 N–H and O–H groups in total. The molecule has 1 aliphatic rings. The van der Waals surface area contributed by atoms with Crippen molar-refractivity contribution in [3.63, 3.8) is 0 Å². The Bertz CT molecular complexity index is 1320. The Kier molecular flexibility index (Phi) is 5.48. The smallest absolute Gasteiger partial charge is 0.325 e. The second kappa shape index (κ2) is 8.15. The van der Waals surface area contributed by atoms with Crippen LogP contribution in [0.2, 0.25) is 0 Å². The molecule has 1 aliphatic heterocycles. The highest BCUT2D eigenvalue weighted by atomic mass is 19.4. The average Bonchev–Trinajstić information content (AvgIpc) is 2.84. The summed E-state index contributed by atoms with van der Waals surface area (Å²) in [6, 6.07) is 9.35. The van der Waals surface area contributed by atoms with Crippen molar-refractivity contribution in [2.45, 2.75) is 19.6 Å². The van der Waals surface area contributed by atoms with E-state index in [9.17, 15) is 31.9 Å². The normalized spacial score (nSPS) is 13.2. The van der Waals surface area contributed by atoms with Crippen LogP contribution >= 0.6 is 0 Å². The number of nitrogens with one attached hydrogen (secondary N) is 1. The average molecular weight is 460 g/mol. The maximum Gasteiger partial charge on any atom is 0.416 e. The van der Waals surface area contributed by atoms with Gasteiger partial charge in [-0.05, 0) is 43.3 Å². The summed E-state index contributed by atoms with van der Waals surface area (Å²) >= 11 is 0. The van der Waals surface area contributed by atoms with E-state index in [4.69, 9.17) is 0 Å². The molecule has 2 amide bonds. The number of hydrogen-bond donors (Lipinski definition) is 1. The quantitative estimate of drug-likeness (QED) is 0.480. The number of anilines is 2. The monoisotopic (exact) mass is 460 g/mol. The largest absolute Gasteiger partial charge is 0.416 e. The first kappa shape index (κ1) is 22.2. The summed E-state index contributed by atoms with van der Waals surface area (Å²) in [6.45, 7) is 0.519. The third-order valence-electron chi connectivity index (χ3n) is 5.07. The molecule has 0 atom stereocenters. The lowest BCUT2D eigenvalue weighted by Crippen LogP contribution is -2.40. The third-order valence-corrected chi connectivity index (χ3v) is 5.07. The number of amides is 2. The van der Waals surface area contributed by atoms with Gasteiger partial charge in [0.25, 0.3) is 5.56 Å². The molecular formula is C22H16F4N4O3. The molecule has 33 heavy (non-hydrogen) atoms. The first-order valence-electron chi connectivity index (χ1n) is 9.69. The molecule has 0 saturated heterocycles. The molecule has 170 valence electrons. The molecule has 0 unspecified atom stereocenters. The van der Waals surface area contributed by atoms with Gasteiger partial charge in [0, 0.05) is 17.4 Å². The summed E-state index contributed by atoms with van der Waals surface area (Å²) in [5, 5.41) is 2.42. The lowest BCUT2D eigenvalue weighted by molar-refractivity contribution is -0.137. The molecule has 0 radical (unpaired) electrons. The molecule has 0 bridgehead atoms. The van der Waals surface area contributed by atoms with Gasteiger partial charge < -0.3 is 10.2 Å². The van der Waals surface area contributed by atoms with E-state index in [0.717, 1.165) is 33.7 Å². The van der Waals surface area contributed by atoms with E-state index in [0.29, 0.717) is 0 Å². The molecule has 0 fully saturated rings. The molecule has 3 heterocycles. The fourth-order valence-electron chi connectivity index (χ4n) is 3.59. The Morgan fingerprint density at radius 2 is 1.82 bits per heavy atom. The van der Waals surface area contributed by atoms with Gasteiger partial charge in [0.15, 0.2) is 0 Å². The number of benzene rings is 1. The number of halogens is 4. The Morgan fingerprint density at radius 3 is 2.48 bits per heavy atom. The third kappa shape index (κ3) is 4.34. The van der Waals surface area contributed by atoms with E-state index in [1.165, 1.54) is 31.2 Å². The van der Waals surface area contributed by atoms with Gasteiger partial charge in [-0.3, -0.25) is 19.0 Å². The number of alkyl halides is 3. The summed E-state index contributed by atoms with van der Waals surface area (Å²) in [6.07, 6.45) is -4.52. The Labute approximate surface area is 184 Å². The molecule has 3 aromatic rings. The number of carbonyl (C=O) groups is 2. The highest BCUT2D eigenvalue weighted by molar-refractivity contribution is 6.05. The number of nitrogens with zero attached hydrogens (tertiary/aromatic N) is 3. The number of hydrogen-bond acceptors (Lipinski definition) is 4. The summed E-state index contributed by atoms with van der Waals surface area (Å²) in [5.41, 5.74) is -0.968. The molecule has 0 aliphatic carbocycles. The highest BCUT2D eigenvalue weighted by Gasteiger charge is 2.32. The van der Waals surface area contributed by atoms with Crippen molar-refractivity contribution in [3.8, 4) is 11.3 Å². The van der Waals surface area contributed by atoms with Gasteiger partial charge in [-0.25, -0.2) is 4.98 Å². The zero-order chi connectivity index (χ0) is 23.9. The molecule has 7 nitrogen and oxygen atoms in total. The summed E-state index contributed by atoms with van der Waals surface area (Å²) in [4.78, 5) is 42.7. The van der Waals surface area contributed by atoms with Crippen molar-refractivity contribution in [2.75, 3.05) is 16.8 Å². The number of carbonyl (C=O) groups excluding carboxylic acids is 2. The molecule has 11 heteroatoms. The second-order valence-corrected chi connectivity index (χ2v) is 7.39. The van der Waals surface area contributed by atoms with E-state index in [2.05, 4.69) is 10.3 Å². The molecule has 2 aromatic heterocycles. The molecule has 1 aromatic carbocycles. The van der Waals surface area contributed by atoms with Gasteiger partial charge in [0.1, 0.15) is 13.1 Å². The Hall–Kier alpha value is -4.02. The lowest BCUT2D eigenvalue weighted by Gasteiger charge is -2.22. The lowest BCUT2D eigenvalue weighted by atomic mass is 10.1. The van der Waals surface area contributed by atoms with Crippen LogP contribution < -0.4 is 15.8 Å². The minimum absolute atomic E-state index is 0.0596. The second-order valence-electron chi connectivity index (χ2n) is 7.39. The minimum Gasteiger partial charge on any atom is -0.325 e. The van der Waals surface area contributed by atoms with Gasteiger partial charge in [0.2, 0.25) is 17.8 Å². The van der Waals surface area contributed by atoms with Crippen LogP contribution in [0.4, 0.5) is 28.9 Å². The fourth-order valence-corrected chi connectivity index (χ4v) is 3.59. The maximum absolute atomic E-state index is 14.9.